The lowest BCUT2D eigenvalue weighted by molar-refractivity contribution is -0.113. The van der Waals surface area contributed by atoms with Gasteiger partial charge in [0, 0.05) is 15.8 Å². The average Bonchev–Trinajstić information content (AvgIpc) is 2.95. The van der Waals surface area contributed by atoms with E-state index in [1.807, 2.05) is 18.2 Å². The predicted octanol–water partition coefficient (Wildman–Crippen LogP) is 4.37. The Morgan fingerprint density at radius 1 is 1.13 bits per heavy atom. The number of fused-ring (bicyclic) bond motifs is 1. The van der Waals surface area contributed by atoms with E-state index in [0.717, 1.165) is 24.0 Å². The molecule has 0 saturated carbocycles. The maximum atomic E-state index is 12.6. The summed E-state index contributed by atoms with van der Waals surface area (Å²) in [5, 5.41) is 3.74. The second-order valence-corrected chi connectivity index (χ2v) is 7.82. The van der Waals surface area contributed by atoms with Crippen molar-refractivity contribution in [3.8, 4) is 0 Å². The molecule has 23 heavy (non-hydrogen) atoms. The Kier molecular flexibility index (Phi) is 5.05. The quantitative estimate of drug-likeness (QED) is 0.871. The van der Waals surface area contributed by atoms with Gasteiger partial charge in [0.25, 0.3) is 0 Å². The Morgan fingerprint density at radius 2 is 1.87 bits per heavy atom. The number of benzene rings is 2. The van der Waals surface area contributed by atoms with Crippen LogP contribution in [-0.2, 0) is 22.0 Å². The molecule has 1 amide bonds. The fraction of sp³-hybridized carbons (Fsp3) is 0.235. The summed E-state index contributed by atoms with van der Waals surface area (Å²) in [6.45, 7) is 0. The van der Waals surface area contributed by atoms with Crippen LogP contribution in [0.5, 0.6) is 0 Å². The summed E-state index contributed by atoms with van der Waals surface area (Å²) in [6, 6.07) is 12.6. The molecule has 0 heterocycles. The topological polar surface area (TPSA) is 46.2 Å². The number of nitrogens with one attached hydrogen (secondary N) is 1. The van der Waals surface area contributed by atoms with E-state index in [-0.39, 0.29) is 16.9 Å². The van der Waals surface area contributed by atoms with Gasteiger partial charge in [-0.15, -0.1) is 0 Å². The van der Waals surface area contributed by atoms with Crippen LogP contribution in [0.2, 0.25) is 10.0 Å². The van der Waals surface area contributed by atoms with Gasteiger partial charge >= 0.3 is 0 Å². The number of hydrogen-bond donors (Lipinski definition) is 1. The first-order chi connectivity index (χ1) is 11.1. The summed E-state index contributed by atoms with van der Waals surface area (Å²) in [6.07, 6.45) is 1.56. The van der Waals surface area contributed by atoms with Crippen molar-refractivity contribution >= 4 is 45.6 Å². The average molecular weight is 368 g/mol. The molecular weight excluding hydrogens is 353 g/mol. The van der Waals surface area contributed by atoms with Crippen LogP contribution in [0.3, 0.4) is 0 Å². The fourth-order valence-electron chi connectivity index (χ4n) is 2.82. The highest BCUT2D eigenvalue weighted by atomic mass is 35.5. The van der Waals surface area contributed by atoms with Gasteiger partial charge in [-0.3, -0.25) is 9.00 Å². The highest BCUT2D eigenvalue weighted by Gasteiger charge is 2.29. The summed E-state index contributed by atoms with van der Waals surface area (Å²) in [5.41, 5.74) is 2.59. The number of carbonyl (C=O) groups is 1. The van der Waals surface area contributed by atoms with E-state index in [1.165, 1.54) is 0 Å². The van der Waals surface area contributed by atoms with E-state index in [1.54, 1.807) is 24.3 Å². The van der Waals surface area contributed by atoms with Crippen molar-refractivity contribution in [1.82, 2.24) is 0 Å². The molecule has 1 aliphatic carbocycles. The molecule has 0 bridgehead atoms. The zero-order chi connectivity index (χ0) is 16.4. The van der Waals surface area contributed by atoms with Gasteiger partial charge in [-0.25, -0.2) is 0 Å². The maximum Gasteiger partial charge on any atom is 0.237 e. The van der Waals surface area contributed by atoms with Crippen LogP contribution >= 0.6 is 23.2 Å². The summed E-state index contributed by atoms with van der Waals surface area (Å²) in [5.74, 6) is -0.353. The van der Waals surface area contributed by atoms with E-state index in [9.17, 15) is 9.00 Å². The van der Waals surface area contributed by atoms with Crippen molar-refractivity contribution < 1.29 is 9.00 Å². The Hall–Kier alpha value is -1.36. The zero-order valence-corrected chi connectivity index (χ0v) is 14.5. The van der Waals surface area contributed by atoms with Crippen molar-refractivity contribution in [1.29, 1.82) is 0 Å². The first-order valence-corrected chi connectivity index (χ1v) is 9.39. The van der Waals surface area contributed by atoms with E-state index >= 15 is 0 Å². The number of carbonyl (C=O) groups excluding carboxylic acids is 1. The van der Waals surface area contributed by atoms with Crippen LogP contribution in [0, 0.1) is 0 Å². The van der Waals surface area contributed by atoms with Crippen molar-refractivity contribution in [2.75, 3.05) is 11.1 Å². The van der Waals surface area contributed by atoms with Crippen LogP contribution in [0.1, 0.15) is 22.8 Å². The van der Waals surface area contributed by atoms with Gasteiger partial charge in [0.15, 0.2) is 0 Å². The molecule has 2 aromatic carbocycles. The van der Waals surface area contributed by atoms with E-state index in [2.05, 4.69) is 5.32 Å². The van der Waals surface area contributed by atoms with Crippen LogP contribution < -0.4 is 5.32 Å². The third kappa shape index (κ3) is 3.60. The number of hydrogen-bond acceptors (Lipinski definition) is 2. The van der Waals surface area contributed by atoms with Crippen molar-refractivity contribution in [3.05, 3.63) is 63.6 Å². The van der Waals surface area contributed by atoms with Crippen LogP contribution in [0.25, 0.3) is 0 Å². The highest BCUT2D eigenvalue weighted by Crippen LogP contribution is 2.39. The molecule has 3 nitrogen and oxygen atoms in total. The SMILES string of the molecule is O=C(C[S@](=O)[C@@H]1CCc2c(Cl)cccc21)Nc1ccccc1Cl. The molecular formula is C17H15Cl2NO2S. The van der Waals surface area contributed by atoms with Gasteiger partial charge in [-0.05, 0) is 42.2 Å². The summed E-state index contributed by atoms with van der Waals surface area (Å²) >= 11 is 12.2. The number of halogens is 2. The second-order valence-electron chi connectivity index (χ2n) is 5.39. The second kappa shape index (κ2) is 7.04. The largest absolute Gasteiger partial charge is 0.324 e. The highest BCUT2D eigenvalue weighted by molar-refractivity contribution is 7.86. The van der Waals surface area contributed by atoms with Gasteiger partial charge in [0.1, 0.15) is 5.75 Å². The summed E-state index contributed by atoms with van der Waals surface area (Å²) in [4.78, 5) is 12.1. The molecule has 1 N–H and O–H groups in total. The molecule has 0 saturated heterocycles. The van der Waals surface area contributed by atoms with Gasteiger partial charge < -0.3 is 5.32 Å². The van der Waals surface area contributed by atoms with Crippen LogP contribution in [0.4, 0.5) is 5.69 Å². The lowest BCUT2D eigenvalue weighted by Crippen LogP contribution is -2.22. The van der Waals surface area contributed by atoms with Gasteiger partial charge in [0.2, 0.25) is 5.91 Å². The number of anilines is 1. The van der Waals surface area contributed by atoms with Crippen molar-refractivity contribution in [3.63, 3.8) is 0 Å². The number of para-hydroxylation sites is 1. The summed E-state index contributed by atoms with van der Waals surface area (Å²) in [7, 11) is -1.29. The van der Waals surface area contributed by atoms with E-state index in [4.69, 9.17) is 23.2 Å². The first-order valence-electron chi connectivity index (χ1n) is 7.25. The van der Waals surface area contributed by atoms with Crippen molar-refractivity contribution in [2.24, 2.45) is 0 Å². The predicted molar refractivity (Wildman–Crippen MR) is 95.6 cm³/mol. The van der Waals surface area contributed by atoms with E-state index in [0.29, 0.717) is 15.7 Å². The van der Waals surface area contributed by atoms with Gasteiger partial charge in [-0.2, -0.15) is 0 Å². The standard InChI is InChI=1S/C17H15Cl2NO2S/c18-13-6-3-4-12-11(13)8-9-16(12)23(22)10-17(21)20-15-7-2-1-5-14(15)19/h1-7,16H,8-10H2,(H,20,21)/t16-,23+/m1/s1. The minimum Gasteiger partial charge on any atom is -0.324 e. The smallest absolute Gasteiger partial charge is 0.237 e. The molecule has 2 aromatic rings. The Bertz CT molecular complexity index is 779. The van der Waals surface area contributed by atoms with E-state index < -0.39 is 10.8 Å². The summed E-state index contributed by atoms with van der Waals surface area (Å²) < 4.78 is 12.6. The molecule has 3 rings (SSSR count). The lowest BCUT2D eigenvalue weighted by atomic mass is 10.1. The Balaban J connectivity index is 1.68. The normalized spacial score (nSPS) is 17.6. The van der Waals surface area contributed by atoms with Crippen LogP contribution in [0.15, 0.2) is 42.5 Å². The van der Waals surface area contributed by atoms with Crippen molar-refractivity contribution in [2.45, 2.75) is 18.1 Å². The minimum atomic E-state index is -1.29. The number of rotatable bonds is 4. The lowest BCUT2D eigenvalue weighted by Gasteiger charge is -2.12. The molecule has 1 aliphatic rings. The molecule has 120 valence electrons. The molecule has 0 unspecified atom stereocenters. The zero-order valence-electron chi connectivity index (χ0n) is 12.2. The first kappa shape index (κ1) is 16.5. The molecule has 0 aliphatic heterocycles. The van der Waals surface area contributed by atoms with Gasteiger partial charge in [0.05, 0.1) is 16.0 Å². The fourth-order valence-corrected chi connectivity index (χ4v) is 4.70. The third-order valence-corrected chi connectivity index (χ3v) is 6.25. The molecule has 2 atom stereocenters. The van der Waals surface area contributed by atoms with Gasteiger partial charge in [-0.1, -0.05) is 47.5 Å². The Morgan fingerprint density at radius 3 is 2.65 bits per heavy atom. The Labute approximate surface area is 147 Å². The molecule has 0 fully saturated rings. The maximum absolute atomic E-state index is 12.6. The molecule has 0 spiro atoms. The third-order valence-electron chi connectivity index (χ3n) is 3.90. The molecule has 0 radical (unpaired) electrons. The molecule has 6 heteroatoms. The minimum absolute atomic E-state index is 0.0537. The molecule has 0 aromatic heterocycles. The number of amides is 1. The monoisotopic (exact) mass is 367 g/mol. The van der Waals surface area contributed by atoms with Crippen LogP contribution in [-0.4, -0.2) is 15.9 Å².